The number of nitrogens with one attached hydrogen (secondary N) is 1. The number of ether oxygens (including phenoxy) is 1. The van der Waals surface area contributed by atoms with Gasteiger partial charge in [-0.3, -0.25) is 4.79 Å². The van der Waals surface area contributed by atoms with Crippen LogP contribution >= 0.6 is 0 Å². The van der Waals surface area contributed by atoms with Gasteiger partial charge < -0.3 is 15.8 Å². The molecule has 0 fully saturated rings. The third-order valence-corrected chi connectivity index (χ3v) is 2.11. The second-order valence-electron chi connectivity index (χ2n) is 4.41. The van der Waals surface area contributed by atoms with E-state index >= 15 is 0 Å². The number of nitrogens with two attached hydrogens (primary N) is 1. The van der Waals surface area contributed by atoms with Crippen molar-refractivity contribution in [3.8, 4) is 0 Å². The lowest BCUT2D eigenvalue weighted by Gasteiger charge is -2.25. The third-order valence-electron chi connectivity index (χ3n) is 2.11. The molecule has 0 aliphatic carbocycles. The van der Waals surface area contributed by atoms with Crippen LogP contribution in [0, 0.1) is 0 Å². The van der Waals surface area contributed by atoms with Crippen molar-refractivity contribution in [2.45, 2.75) is 25.8 Å². The summed E-state index contributed by atoms with van der Waals surface area (Å²) in [6, 6.07) is 1.59. The van der Waals surface area contributed by atoms with Gasteiger partial charge in [0.15, 0.2) is 0 Å². The van der Waals surface area contributed by atoms with Crippen molar-refractivity contribution in [2.24, 2.45) is 5.73 Å². The molecule has 1 rings (SSSR count). The summed E-state index contributed by atoms with van der Waals surface area (Å²) in [6.07, 6.45) is 1.58. The van der Waals surface area contributed by atoms with Crippen molar-refractivity contribution in [1.29, 1.82) is 0 Å². The van der Waals surface area contributed by atoms with Crippen LogP contribution in [0.15, 0.2) is 12.3 Å². The second kappa shape index (κ2) is 5.44. The molecule has 0 atom stereocenters. The van der Waals surface area contributed by atoms with Gasteiger partial charge in [-0.05, 0) is 19.9 Å². The van der Waals surface area contributed by atoms with Gasteiger partial charge in [-0.15, -0.1) is 0 Å². The van der Waals surface area contributed by atoms with Crippen LogP contribution < -0.4 is 11.1 Å². The Balaban J connectivity index is 2.85. The predicted octanol–water partition coefficient (Wildman–Crippen LogP) is 0.329. The molecule has 0 spiro atoms. The van der Waals surface area contributed by atoms with Crippen LogP contribution in [-0.2, 0) is 9.53 Å². The summed E-state index contributed by atoms with van der Waals surface area (Å²) in [4.78, 5) is 29.9. The van der Waals surface area contributed by atoms with E-state index in [1.807, 2.05) is 0 Å². The zero-order chi connectivity index (χ0) is 13.8. The van der Waals surface area contributed by atoms with Crippen molar-refractivity contribution in [1.82, 2.24) is 9.97 Å². The number of carbonyl (C=O) groups excluding carboxylic acids is 2. The summed E-state index contributed by atoms with van der Waals surface area (Å²) >= 11 is 0. The highest BCUT2D eigenvalue weighted by molar-refractivity contribution is 5.85. The molecule has 1 aromatic rings. The molecule has 0 saturated carbocycles. The molecule has 0 aromatic carbocycles. The predicted molar refractivity (Wildman–Crippen MR) is 64.9 cm³/mol. The Morgan fingerprint density at radius 1 is 1.50 bits per heavy atom. The van der Waals surface area contributed by atoms with Gasteiger partial charge in [0, 0.05) is 18.2 Å². The molecular weight excluding hydrogens is 236 g/mol. The minimum Gasteiger partial charge on any atom is -0.463 e. The quantitative estimate of drug-likeness (QED) is 0.731. The maximum Gasteiger partial charge on any atom is 0.376 e. The smallest absolute Gasteiger partial charge is 0.376 e. The number of esters is 1. The number of carbonyl (C=O) groups is 2. The molecule has 7 nitrogen and oxygen atoms in total. The third kappa shape index (κ3) is 4.00. The van der Waals surface area contributed by atoms with Gasteiger partial charge >= 0.3 is 5.97 Å². The number of hydrogen-bond acceptors (Lipinski definition) is 6. The lowest BCUT2D eigenvalue weighted by atomic mass is 10.0. The Labute approximate surface area is 105 Å². The van der Waals surface area contributed by atoms with Gasteiger partial charge in [-0.1, -0.05) is 0 Å². The van der Waals surface area contributed by atoms with E-state index in [0.717, 1.165) is 0 Å². The Morgan fingerprint density at radius 2 is 2.17 bits per heavy atom. The molecule has 1 amide bonds. The molecule has 0 bridgehead atoms. The van der Waals surface area contributed by atoms with Gasteiger partial charge in [-0.2, -0.15) is 0 Å². The van der Waals surface area contributed by atoms with Crippen LogP contribution in [0.25, 0.3) is 0 Å². The van der Waals surface area contributed by atoms with Gasteiger partial charge in [0.05, 0.1) is 7.11 Å². The van der Waals surface area contributed by atoms with E-state index in [1.54, 1.807) is 19.9 Å². The van der Waals surface area contributed by atoms with E-state index in [-0.39, 0.29) is 12.2 Å². The number of nitrogens with zero attached hydrogens (tertiary/aromatic N) is 2. The lowest BCUT2D eigenvalue weighted by Crippen LogP contribution is -2.36. The molecule has 7 heteroatoms. The summed E-state index contributed by atoms with van der Waals surface area (Å²) < 4.78 is 4.52. The molecule has 3 N–H and O–H groups in total. The Kier molecular flexibility index (Phi) is 4.19. The Hall–Kier alpha value is -2.18. The van der Waals surface area contributed by atoms with Crippen molar-refractivity contribution < 1.29 is 14.3 Å². The Bertz CT molecular complexity index is 459. The SMILES string of the molecule is COC(=O)c1nccc(NC(C)(C)CC(N)=O)n1. The van der Waals surface area contributed by atoms with Gasteiger partial charge in [0.25, 0.3) is 0 Å². The van der Waals surface area contributed by atoms with E-state index in [9.17, 15) is 9.59 Å². The molecule has 0 aliphatic rings. The average Bonchev–Trinajstić information content (AvgIpc) is 2.25. The fourth-order valence-corrected chi connectivity index (χ4v) is 1.44. The number of rotatable bonds is 5. The van der Waals surface area contributed by atoms with Crippen molar-refractivity contribution >= 4 is 17.7 Å². The first-order valence-electron chi connectivity index (χ1n) is 5.32. The van der Waals surface area contributed by atoms with Gasteiger partial charge in [0.1, 0.15) is 5.82 Å². The second-order valence-corrected chi connectivity index (χ2v) is 4.41. The molecule has 18 heavy (non-hydrogen) atoms. The van der Waals surface area contributed by atoms with E-state index in [2.05, 4.69) is 20.0 Å². The maximum absolute atomic E-state index is 11.3. The summed E-state index contributed by atoms with van der Waals surface area (Å²) in [5.41, 5.74) is 4.58. The van der Waals surface area contributed by atoms with Crippen molar-refractivity contribution in [3.05, 3.63) is 18.1 Å². The van der Waals surface area contributed by atoms with Crippen molar-refractivity contribution in [3.63, 3.8) is 0 Å². The van der Waals surface area contributed by atoms with E-state index in [4.69, 9.17) is 5.73 Å². The summed E-state index contributed by atoms with van der Waals surface area (Å²) in [5, 5.41) is 3.01. The molecule has 0 saturated heterocycles. The standard InChI is InChI=1S/C11H16N4O3/c1-11(2,6-7(12)16)15-8-4-5-13-9(14-8)10(17)18-3/h4-5H,6H2,1-3H3,(H2,12,16)(H,13,14,15). The van der Waals surface area contributed by atoms with Crippen LogP contribution in [-0.4, -0.2) is 34.5 Å². The number of amides is 1. The summed E-state index contributed by atoms with van der Waals surface area (Å²) in [6.45, 7) is 3.61. The average molecular weight is 252 g/mol. The zero-order valence-corrected chi connectivity index (χ0v) is 10.6. The normalized spacial score (nSPS) is 10.8. The highest BCUT2D eigenvalue weighted by Gasteiger charge is 2.21. The first-order valence-corrected chi connectivity index (χ1v) is 5.32. The number of primary amides is 1. The largest absolute Gasteiger partial charge is 0.463 e. The number of methoxy groups -OCH3 is 1. The maximum atomic E-state index is 11.3. The summed E-state index contributed by atoms with van der Waals surface area (Å²) in [5.74, 6) is -0.657. The summed E-state index contributed by atoms with van der Waals surface area (Å²) in [7, 11) is 1.25. The van der Waals surface area contributed by atoms with Crippen LogP contribution in [0.5, 0.6) is 0 Å². The van der Waals surface area contributed by atoms with Crippen molar-refractivity contribution in [2.75, 3.05) is 12.4 Å². The van der Waals surface area contributed by atoms with Crippen LogP contribution in [0.1, 0.15) is 30.9 Å². The zero-order valence-electron chi connectivity index (χ0n) is 10.6. The molecule has 0 unspecified atom stereocenters. The van der Waals surface area contributed by atoms with E-state index in [0.29, 0.717) is 5.82 Å². The minimum absolute atomic E-state index is 0.0441. The molecule has 1 heterocycles. The first kappa shape index (κ1) is 13.9. The van der Waals surface area contributed by atoms with E-state index < -0.39 is 17.4 Å². The highest BCUT2D eigenvalue weighted by Crippen LogP contribution is 2.15. The van der Waals surface area contributed by atoms with Crippen LogP contribution in [0.4, 0.5) is 5.82 Å². The molecular formula is C11H16N4O3. The molecule has 0 radical (unpaired) electrons. The van der Waals surface area contributed by atoms with Crippen LogP contribution in [0.3, 0.4) is 0 Å². The Morgan fingerprint density at radius 3 is 2.72 bits per heavy atom. The van der Waals surface area contributed by atoms with Crippen LogP contribution in [0.2, 0.25) is 0 Å². The highest BCUT2D eigenvalue weighted by atomic mass is 16.5. The molecule has 1 aromatic heterocycles. The number of anilines is 1. The van der Waals surface area contributed by atoms with Gasteiger partial charge in [-0.25, -0.2) is 14.8 Å². The topological polar surface area (TPSA) is 107 Å². The first-order chi connectivity index (χ1) is 8.34. The number of aromatic nitrogens is 2. The monoisotopic (exact) mass is 252 g/mol. The fraction of sp³-hybridized carbons (Fsp3) is 0.455. The number of hydrogen-bond donors (Lipinski definition) is 2. The molecule has 0 aliphatic heterocycles. The van der Waals surface area contributed by atoms with Gasteiger partial charge in [0.2, 0.25) is 11.7 Å². The molecule has 98 valence electrons. The lowest BCUT2D eigenvalue weighted by molar-refractivity contribution is -0.118. The fourth-order valence-electron chi connectivity index (χ4n) is 1.44. The van der Waals surface area contributed by atoms with E-state index in [1.165, 1.54) is 13.3 Å². The minimum atomic E-state index is -0.619.